The molecule has 0 aromatic heterocycles. The molecule has 0 aromatic carbocycles. The summed E-state index contributed by atoms with van der Waals surface area (Å²) < 4.78 is 0. The fourth-order valence-corrected chi connectivity index (χ4v) is 3.24. The Bertz CT molecular complexity index is 324. The highest BCUT2D eigenvalue weighted by atomic mass is 16.2. The van der Waals surface area contributed by atoms with E-state index in [0.717, 1.165) is 38.8 Å². The first-order valence-electron chi connectivity index (χ1n) is 7.15. The molecule has 1 aliphatic carbocycles. The van der Waals surface area contributed by atoms with E-state index in [-0.39, 0.29) is 11.9 Å². The fraction of sp³-hybridized carbons (Fsp3) is 0.857. The van der Waals surface area contributed by atoms with E-state index in [4.69, 9.17) is 5.26 Å². The maximum Gasteiger partial charge on any atom is 0.239 e. The summed E-state index contributed by atoms with van der Waals surface area (Å²) >= 11 is 0. The highest BCUT2D eigenvalue weighted by molar-refractivity contribution is 5.81. The summed E-state index contributed by atoms with van der Waals surface area (Å²) in [5.74, 6) is 0.217. The van der Waals surface area contributed by atoms with Crippen LogP contribution >= 0.6 is 0 Å². The molecule has 2 aliphatic rings. The maximum absolute atomic E-state index is 12.4. The van der Waals surface area contributed by atoms with Crippen molar-refractivity contribution in [1.82, 2.24) is 9.80 Å². The fourth-order valence-electron chi connectivity index (χ4n) is 3.24. The number of carbonyl (C=O) groups is 1. The normalized spacial score (nSPS) is 22.4. The molecule has 4 heteroatoms. The van der Waals surface area contributed by atoms with Crippen LogP contribution in [0.4, 0.5) is 0 Å². The Morgan fingerprint density at radius 3 is 2.50 bits per heavy atom. The van der Waals surface area contributed by atoms with Gasteiger partial charge in [-0.15, -0.1) is 0 Å². The average Bonchev–Trinajstić information content (AvgIpc) is 3.05. The van der Waals surface area contributed by atoms with E-state index >= 15 is 0 Å². The van der Waals surface area contributed by atoms with E-state index in [1.165, 1.54) is 12.8 Å². The summed E-state index contributed by atoms with van der Waals surface area (Å²) in [6, 6.07) is 2.53. The van der Waals surface area contributed by atoms with Gasteiger partial charge in [0.2, 0.25) is 5.91 Å². The Morgan fingerprint density at radius 2 is 1.94 bits per heavy atom. The Hall–Kier alpha value is -1.08. The van der Waals surface area contributed by atoms with Crippen LogP contribution in [0.25, 0.3) is 0 Å². The van der Waals surface area contributed by atoms with Gasteiger partial charge in [0.05, 0.1) is 18.7 Å². The number of nitriles is 1. The van der Waals surface area contributed by atoms with Crippen LogP contribution in [0, 0.1) is 11.3 Å². The second kappa shape index (κ2) is 6.19. The molecule has 1 atom stereocenters. The number of hydrogen-bond donors (Lipinski definition) is 0. The van der Waals surface area contributed by atoms with Crippen molar-refractivity contribution in [1.29, 1.82) is 5.26 Å². The lowest BCUT2D eigenvalue weighted by atomic mass is 10.1. The maximum atomic E-state index is 12.4. The molecule has 0 radical (unpaired) electrons. The SMILES string of the molecule is CC(C(=O)N1CCCC1)N(CC#N)C1CCCC1. The standard InChI is InChI=1S/C14H23N3O/c1-12(14(18)16-9-4-5-10-16)17(11-8-15)13-6-2-3-7-13/h12-13H,2-7,9-11H2,1H3. The van der Waals surface area contributed by atoms with Crippen LogP contribution in [-0.2, 0) is 4.79 Å². The summed E-state index contributed by atoms with van der Waals surface area (Å²) in [7, 11) is 0. The molecule has 2 rings (SSSR count). The van der Waals surface area contributed by atoms with Gasteiger partial charge in [-0.3, -0.25) is 9.69 Å². The molecule has 1 unspecified atom stereocenters. The van der Waals surface area contributed by atoms with Crippen LogP contribution in [0.5, 0.6) is 0 Å². The van der Waals surface area contributed by atoms with E-state index in [9.17, 15) is 4.79 Å². The quantitative estimate of drug-likeness (QED) is 0.713. The number of rotatable bonds is 4. The third kappa shape index (κ3) is 2.84. The molecule has 0 aromatic rings. The molecule has 1 aliphatic heterocycles. The Morgan fingerprint density at radius 1 is 1.33 bits per heavy atom. The number of nitrogens with zero attached hydrogens (tertiary/aromatic N) is 3. The molecule has 0 bridgehead atoms. The molecule has 18 heavy (non-hydrogen) atoms. The van der Waals surface area contributed by atoms with Crippen molar-refractivity contribution in [3.63, 3.8) is 0 Å². The second-order valence-corrected chi connectivity index (χ2v) is 5.48. The Kier molecular flexibility index (Phi) is 4.60. The molecule has 100 valence electrons. The molecule has 1 heterocycles. The largest absolute Gasteiger partial charge is 0.341 e. The molecular weight excluding hydrogens is 226 g/mol. The first kappa shape index (κ1) is 13.4. The smallest absolute Gasteiger partial charge is 0.239 e. The van der Waals surface area contributed by atoms with Gasteiger partial charge in [-0.2, -0.15) is 5.26 Å². The van der Waals surface area contributed by atoms with Crippen LogP contribution in [0.1, 0.15) is 45.4 Å². The average molecular weight is 249 g/mol. The molecular formula is C14H23N3O. The summed E-state index contributed by atoms with van der Waals surface area (Å²) in [6.45, 7) is 4.14. The van der Waals surface area contributed by atoms with Gasteiger partial charge < -0.3 is 4.90 Å². The third-order valence-electron chi connectivity index (χ3n) is 4.32. The number of hydrogen-bond acceptors (Lipinski definition) is 3. The molecule has 1 saturated heterocycles. The van der Waals surface area contributed by atoms with Crippen LogP contribution in [-0.4, -0.2) is 47.4 Å². The number of likely N-dealkylation sites (tertiary alicyclic amines) is 1. The van der Waals surface area contributed by atoms with Gasteiger partial charge in [0.15, 0.2) is 0 Å². The lowest BCUT2D eigenvalue weighted by molar-refractivity contribution is -0.136. The number of amides is 1. The topological polar surface area (TPSA) is 47.3 Å². The highest BCUT2D eigenvalue weighted by Gasteiger charge is 2.32. The van der Waals surface area contributed by atoms with E-state index in [1.54, 1.807) is 0 Å². The van der Waals surface area contributed by atoms with E-state index in [0.29, 0.717) is 12.6 Å². The highest BCUT2D eigenvalue weighted by Crippen LogP contribution is 2.25. The summed E-state index contributed by atoms with van der Waals surface area (Å²) in [4.78, 5) is 16.5. The van der Waals surface area contributed by atoms with Gasteiger partial charge in [0, 0.05) is 19.1 Å². The first-order valence-corrected chi connectivity index (χ1v) is 7.15. The van der Waals surface area contributed by atoms with Crippen molar-refractivity contribution >= 4 is 5.91 Å². The molecule has 1 saturated carbocycles. The van der Waals surface area contributed by atoms with Crippen molar-refractivity contribution in [3.8, 4) is 6.07 Å². The molecule has 0 spiro atoms. The van der Waals surface area contributed by atoms with Crippen molar-refractivity contribution < 1.29 is 4.79 Å². The lowest BCUT2D eigenvalue weighted by Crippen LogP contribution is -2.49. The predicted molar refractivity (Wildman–Crippen MR) is 69.9 cm³/mol. The van der Waals surface area contributed by atoms with Crippen molar-refractivity contribution in [2.45, 2.75) is 57.5 Å². The van der Waals surface area contributed by atoms with Gasteiger partial charge in [0.1, 0.15) is 0 Å². The van der Waals surface area contributed by atoms with E-state index in [1.807, 2.05) is 11.8 Å². The third-order valence-corrected chi connectivity index (χ3v) is 4.32. The summed E-state index contributed by atoms with van der Waals surface area (Å²) in [6.07, 6.45) is 6.99. The zero-order chi connectivity index (χ0) is 13.0. The van der Waals surface area contributed by atoms with Crippen molar-refractivity contribution in [2.75, 3.05) is 19.6 Å². The van der Waals surface area contributed by atoms with Crippen LogP contribution in [0.15, 0.2) is 0 Å². The monoisotopic (exact) mass is 249 g/mol. The Balaban J connectivity index is 1.99. The second-order valence-electron chi connectivity index (χ2n) is 5.48. The van der Waals surface area contributed by atoms with E-state index < -0.39 is 0 Å². The van der Waals surface area contributed by atoms with Crippen LogP contribution < -0.4 is 0 Å². The van der Waals surface area contributed by atoms with Crippen LogP contribution in [0.2, 0.25) is 0 Å². The molecule has 0 N–H and O–H groups in total. The molecule has 4 nitrogen and oxygen atoms in total. The minimum atomic E-state index is -0.133. The zero-order valence-corrected chi connectivity index (χ0v) is 11.3. The molecule has 2 fully saturated rings. The van der Waals surface area contributed by atoms with Crippen molar-refractivity contribution in [2.24, 2.45) is 0 Å². The minimum absolute atomic E-state index is 0.133. The summed E-state index contributed by atoms with van der Waals surface area (Å²) in [5.41, 5.74) is 0. The van der Waals surface area contributed by atoms with Crippen LogP contribution in [0.3, 0.4) is 0 Å². The van der Waals surface area contributed by atoms with Crippen molar-refractivity contribution in [3.05, 3.63) is 0 Å². The summed E-state index contributed by atoms with van der Waals surface area (Å²) in [5, 5.41) is 8.98. The van der Waals surface area contributed by atoms with Gasteiger partial charge in [0.25, 0.3) is 0 Å². The molecule has 1 amide bonds. The number of carbonyl (C=O) groups excluding carboxylic acids is 1. The van der Waals surface area contributed by atoms with E-state index in [2.05, 4.69) is 11.0 Å². The van der Waals surface area contributed by atoms with Gasteiger partial charge in [-0.05, 0) is 32.6 Å². The van der Waals surface area contributed by atoms with Gasteiger partial charge in [-0.1, -0.05) is 12.8 Å². The van der Waals surface area contributed by atoms with Gasteiger partial charge in [-0.25, -0.2) is 0 Å². The first-order chi connectivity index (χ1) is 8.74. The lowest BCUT2D eigenvalue weighted by Gasteiger charge is -2.33. The van der Waals surface area contributed by atoms with Gasteiger partial charge >= 0.3 is 0 Å². The zero-order valence-electron chi connectivity index (χ0n) is 11.3. The predicted octanol–water partition coefficient (Wildman–Crippen LogP) is 1.77. The Labute approximate surface area is 110 Å². The minimum Gasteiger partial charge on any atom is -0.341 e.